The van der Waals surface area contributed by atoms with Gasteiger partial charge in [0.25, 0.3) is 0 Å². The van der Waals surface area contributed by atoms with Gasteiger partial charge in [-0.2, -0.15) is 5.10 Å². The maximum Gasteiger partial charge on any atom is 0.247 e. The molecule has 0 spiro atoms. The quantitative estimate of drug-likeness (QED) is 0.733. The molecular weight excluding hydrogens is 340 g/mol. The number of hydrogen-bond acceptors (Lipinski definition) is 4. The van der Waals surface area contributed by atoms with Crippen LogP contribution in [-0.4, -0.2) is 36.4 Å². The zero-order valence-corrected chi connectivity index (χ0v) is 16.2. The molecule has 27 heavy (non-hydrogen) atoms. The molecule has 1 aromatic carbocycles. The second-order valence-corrected chi connectivity index (χ2v) is 7.56. The first-order valence-corrected chi connectivity index (χ1v) is 10.1. The fourth-order valence-corrected chi connectivity index (χ4v) is 4.59. The van der Waals surface area contributed by atoms with E-state index in [0.29, 0.717) is 6.61 Å². The third kappa shape index (κ3) is 3.35. The van der Waals surface area contributed by atoms with Crippen molar-refractivity contribution in [2.75, 3.05) is 13.7 Å². The number of carbonyl (C=O) groups is 1. The summed E-state index contributed by atoms with van der Waals surface area (Å²) in [7, 11) is 1.65. The van der Waals surface area contributed by atoms with Gasteiger partial charge in [0.15, 0.2) is 11.5 Å². The summed E-state index contributed by atoms with van der Waals surface area (Å²) in [6.45, 7) is 2.54. The van der Waals surface area contributed by atoms with E-state index < -0.39 is 0 Å². The Balaban J connectivity index is 1.75. The van der Waals surface area contributed by atoms with Gasteiger partial charge in [-0.15, -0.1) is 0 Å². The van der Waals surface area contributed by atoms with Crippen molar-refractivity contribution < 1.29 is 14.3 Å². The zero-order valence-electron chi connectivity index (χ0n) is 16.2. The lowest BCUT2D eigenvalue weighted by Crippen LogP contribution is -2.48. The molecule has 2 atom stereocenters. The van der Waals surface area contributed by atoms with Crippen LogP contribution in [0, 0.1) is 11.8 Å². The fourth-order valence-electron chi connectivity index (χ4n) is 4.59. The van der Waals surface area contributed by atoms with Crippen molar-refractivity contribution in [2.24, 2.45) is 16.9 Å². The van der Waals surface area contributed by atoms with Crippen LogP contribution in [0.5, 0.6) is 11.5 Å². The highest BCUT2D eigenvalue weighted by molar-refractivity contribution is 6.07. The summed E-state index contributed by atoms with van der Waals surface area (Å²) < 4.78 is 11.2. The Bertz CT molecular complexity index is 765. The van der Waals surface area contributed by atoms with Crippen LogP contribution in [0.15, 0.2) is 35.5 Å². The van der Waals surface area contributed by atoms with Gasteiger partial charge in [-0.05, 0) is 50.8 Å². The van der Waals surface area contributed by atoms with E-state index in [4.69, 9.17) is 14.6 Å². The number of amides is 1. The molecule has 5 heteroatoms. The molecule has 0 saturated heterocycles. The van der Waals surface area contributed by atoms with Gasteiger partial charge in [-0.3, -0.25) is 4.79 Å². The Morgan fingerprint density at radius 1 is 1.11 bits per heavy atom. The number of rotatable bonds is 5. The van der Waals surface area contributed by atoms with Crippen molar-refractivity contribution >= 4 is 11.6 Å². The van der Waals surface area contributed by atoms with E-state index in [0.717, 1.165) is 48.5 Å². The van der Waals surface area contributed by atoms with Gasteiger partial charge in [-0.25, -0.2) is 5.01 Å². The third-order valence-corrected chi connectivity index (χ3v) is 5.97. The van der Waals surface area contributed by atoms with Crippen LogP contribution in [0.2, 0.25) is 0 Å². The minimum absolute atomic E-state index is 0.000690. The molecule has 0 aromatic heterocycles. The van der Waals surface area contributed by atoms with Gasteiger partial charge < -0.3 is 9.47 Å². The van der Waals surface area contributed by atoms with Crippen molar-refractivity contribution in [3.8, 4) is 11.5 Å². The first-order chi connectivity index (χ1) is 13.2. The molecule has 5 nitrogen and oxygen atoms in total. The van der Waals surface area contributed by atoms with E-state index in [1.165, 1.54) is 12.8 Å². The number of allylic oxidation sites excluding steroid dienone is 2. The summed E-state index contributed by atoms with van der Waals surface area (Å²) in [5, 5.41) is 6.74. The molecule has 1 fully saturated rings. The average molecular weight is 368 g/mol. The van der Waals surface area contributed by atoms with E-state index in [1.54, 1.807) is 7.11 Å². The van der Waals surface area contributed by atoms with Crippen LogP contribution < -0.4 is 9.47 Å². The van der Waals surface area contributed by atoms with Gasteiger partial charge in [0.2, 0.25) is 5.91 Å². The SMILES string of the molecule is CCOc1cc(C2=NN(C3CCCC3)C(=O)[C@@H]3CC=CC[C@H]23)ccc1OC. The number of hydrazone groups is 1. The lowest BCUT2D eigenvalue weighted by molar-refractivity contribution is -0.140. The van der Waals surface area contributed by atoms with Crippen molar-refractivity contribution in [1.82, 2.24) is 5.01 Å². The summed E-state index contributed by atoms with van der Waals surface area (Å²) >= 11 is 0. The highest BCUT2D eigenvalue weighted by Crippen LogP contribution is 2.39. The molecule has 1 heterocycles. The number of nitrogens with zero attached hydrogens (tertiary/aromatic N) is 2. The van der Waals surface area contributed by atoms with Crippen molar-refractivity contribution in [1.29, 1.82) is 0 Å². The fraction of sp³-hybridized carbons (Fsp3) is 0.545. The number of carbonyl (C=O) groups excluding carboxylic acids is 1. The lowest BCUT2D eigenvalue weighted by Gasteiger charge is -2.39. The smallest absolute Gasteiger partial charge is 0.247 e. The largest absolute Gasteiger partial charge is 0.493 e. The molecule has 1 aliphatic heterocycles. The maximum atomic E-state index is 13.1. The molecular formula is C22H28N2O3. The standard InChI is InChI=1S/C22H28N2O3/c1-3-27-20-14-15(12-13-19(20)26-2)21-17-10-6-7-11-18(17)22(25)24(23-21)16-8-4-5-9-16/h6-7,12-14,16-18H,3-5,8-11H2,1-2H3/t17-,18+/m0/s1. The van der Waals surface area contributed by atoms with Crippen LogP contribution in [-0.2, 0) is 4.79 Å². The Morgan fingerprint density at radius 3 is 2.56 bits per heavy atom. The first-order valence-electron chi connectivity index (χ1n) is 10.1. The van der Waals surface area contributed by atoms with Crippen molar-refractivity contribution in [2.45, 2.75) is 51.5 Å². The minimum atomic E-state index is 0.000690. The van der Waals surface area contributed by atoms with Gasteiger partial charge in [0, 0.05) is 11.5 Å². The van der Waals surface area contributed by atoms with Crippen LogP contribution in [0.25, 0.3) is 0 Å². The minimum Gasteiger partial charge on any atom is -0.493 e. The predicted octanol–water partition coefficient (Wildman–Crippen LogP) is 4.17. The van der Waals surface area contributed by atoms with E-state index in [1.807, 2.05) is 30.1 Å². The zero-order chi connectivity index (χ0) is 18.8. The number of fused-ring (bicyclic) bond motifs is 1. The monoisotopic (exact) mass is 368 g/mol. The topological polar surface area (TPSA) is 51.1 Å². The Kier molecular flexibility index (Phi) is 5.19. The van der Waals surface area contributed by atoms with Crippen LogP contribution in [0.3, 0.4) is 0 Å². The van der Waals surface area contributed by atoms with Gasteiger partial charge in [0.1, 0.15) is 0 Å². The average Bonchev–Trinajstić information content (AvgIpc) is 3.23. The lowest BCUT2D eigenvalue weighted by atomic mass is 9.76. The van der Waals surface area contributed by atoms with Crippen molar-refractivity contribution in [3.63, 3.8) is 0 Å². The molecule has 0 unspecified atom stereocenters. The van der Waals surface area contributed by atoms with Gasteiger partial charge >= 0.3 is 0 Å². The molecule has 1 saturated carbocycles. The van der Waals surface area contributed by atoms with E-state index in [2.05, 4.69) is 12.2 Å². The molecule has 2 aliphatic carbocycles. The Morgan fingerprint density at radius 2 is 1.85 bits per heavy atom. The molecule has 4 rings (SSSR count). The maximum absolute atomic E-state index is 13.1. The Labute approximate surface area is 161 Å². The molecule has 0 radical (unpaired) electrons. The summed E-state index contributed by atoms with van der Waals surface area (Å²) in [6, 6.07) is 6.24. The van der Waals surface area contributed by atoms with Crippen LogP contribution >= 0.6 is 0 Å². The van der Waals surface area contributed by atoms with E-state index in [-0.39, 0.29) is 23.8 Å². The highest BCUT2D eigenvalue weighted by atomic mass is 16.5. The summed E-state index contributed by atoms with van der Waals surface area (Å²) in [5.74, 6) is 1.80. The second-order valence-electron chi connectivity index (χ2n) is 7.56. The van der Waals surface area contributed by atoms with Gasteiger partial charge in [-0.1, -0.05) is 25.0 Å². The third-order valence-electron chi connectivity index (χ3n) is 5.97. The Hall–Kier alpha value is -2.30. The highest BCUT2D eigenvalue weighted by Gasteiger charge is 2.42. The number of benzene rings is 1. The predicted molar refractivity (Wildman–Crippen MR) is 105 cm³/mol. The van der Waals surface area contributed by atoms with Crippen molar-refractivity contribution in [3.05, 3.63) is 35.9 Å². The summed E-state index contributed by atoms with van der Waals surface area (Å²) in [6.07, 6.45) is 10.5. The molecule has 1 aromatic rings. The molecule has 3 aliphatic rings. The molecule has 0 bridgehead atoms. The summed E-state index contributed by atoms with van der Waals surface area (Å²) in [5.41, 5.74) is 2.04. The van der Waals surface area contributed by atoms with E-state index in [9.17, 15) is 4.79 Å². The number of hydrogen-bond donors (Lipinski definition) is 0. The number of methoxy groups -OCH3 is 1. The van der Waals surface area contributed by atoms with Gasteiger partial charge in [0.05, 0.1) is 31.4 Å². The van der Waals surface area contributed by atoms with Crippen LogP contribution in [0.1, 0.15) is 51.0 Å². The summed E-state index contributed by atoms with van der Waals surface area (Å²) in [4.78, 5) is 13.1. The second kappa shape index (κ2) is 7.75. The molecule has 144 valence electrons. The normalized spacial score (nSPS) is 25.3. The first kappa shape index (κ1) is 18.1. The number of ether oxygens (including phenoxy) is 2. The molecule has 0 N–H and O–H groups in total. The molecule has 1 amide bonds. The van der Waals surface area contributed by atoms with E-state index >= 15 is 0 Å². The van der Waals surface area contributed by atoms with Crippen LogP contribution in [0.4, 0.5) is 0 Å².